The van der Waals surface area contributed by atoms with Crippen molar-refractivity contribution in [2.24, 2.45) is 7.05 Å². The molecule has 0 unspecified atom stereocenters. The molecule has 9 nitrogen and oxygen atoms in total. The van der Waals surface area contributed by atoms with E-state index >= 15 is 0 Å². The minimum Gasteiger partial charge on any atom is -0.379 e. The van der Waals surface area contributed by atoms with Crippen LogP contribution in [-0.4, -0.2) is 48.7 Å². The summed E-state index contributed by atoms with van der Waals surface area (Å²) in [4.78, 5) is 0.131. The van der Waals surface area contributed by atoms with Gasteiger partial charge in [-0.05, 0) is 20.3 Å². The lowest BCUT2D eigenvalue weighted by molar-refractivity contribution is -0.0714. The molecule has 2 aromatic rings. The summed E-state index contributed by atoms with van der Waals surface area (Å²) < 4.78 is 45.7. The van der Waals surface area contributed by atoms with Gasteiger partial charge in [-0.1, -0.05) is 5.16 Å². The summed E-state index contributed by atoms with van der Waals surface area (Å²) in [7, 11) is -1.99. The van der Waals surface area contributed by atoms with Crippen molar-refractivity contribution >= 4 is 10.0 Å². The highest BCUT2D eigenvalue weighted by atomic mass is 32.2. The van der Waals surface area contributed by atoms with Gasteiger partial charge in [0.1, 0.15) is 10.7 Å². The van der Waals surface area contributed by atoms with E-state index in [1.54, 1.807) is 7.05 Å². The monoisotopic (exact) mass is 370 g/mol. The minimum absolute atomic E-state index is 0.131. The SMILES string of the molecule is Cc1noc(C)c1CO[C@@H]1COCC[C@H]1NS(=O)(=O)c1cnn(C)c1. The maximum absolute atomic E-state index is 12.5. The summed E-state index contributed by atoms with van der Waals surface area (Å²) >= 11 is 0. The average molecular weight is 370 g/mol. The molecule has 1 aliphatic heterocycles. The van der Waals surface area contributed by atoms with Crippen LogP contribution in [0.5, 0.6) is 0 Å². The zero-order chi connectivity index (χ0) is 18.0. The van der Waals surface area contributed by atoms with E-state index in [1.165, 1.54) is 17.1 Å². The Morgan fingerprint density at radius 2 is 2.24 bits per heavy atom. The van der Waals surface area contributed by atoms with E-state index in [9.17, 15) is 8.42 Å². The number of nitrogens with zero attached hydrogens (tertiary/aromatic N) is 3. The van der Waals surface area contributed by atoms with Gasteiger partial charge in [-0.15, -0.1) is 0 Å². The second-order valence-corrected chi connectivity index (χ2v) is 7.81. The predicted molar refractivity (Wildman–Crippen MR) is 87.3 cm³/mol. The van der Waals surface area contributed by atoms with E-state index in [2.05, 4.69) is 15.0 Å². The third-order valence-corrected chi connectivity index (χ3v) is 5.67. The number of ether oxygens (including phenoxy) is 2. The number of sulfonamides is 1. The van der Waals surface area contributed by atoms with Gasteiger partial charge in [0.15, 0.2) is 0 Å². The molecule has 0 radical (unpaired) electrons. The Hall–Kier alpha value is -1.75. The highest BCUT2D eigenvalue weighted by Gasteiger charge is 2.31. The number of hydrogen-bond acceptors (Lipinski definition) is 7. The maximum Gasteiger partial charge on any atom is 0.244 e. The van der Waals surface area contributed by atoms with Crippen LogP contribution in [0.2, 0.25) is 0 Å². The minimum atomic E-state index is -3.66. The van der Waals surface area contributed by atoms with Crippen molar-refractivity contribution < 1.29 is 22.4 Å². The van der Waals surface area contributed by atoms with Gasteiger partial charge in [0.05, 0.1) is 37.3 Å². The summed E-state index contributed by atoms with van der Waals surface area (Å²) in [5.41, 5.74) is 1.64. The van der Waals surface area contributed by atoms with Crippen molar-refractivity contribution in [3.05, 3.63) is 29.4 Å². The van der Waals surface area contributed by atoms with Crippen LogP contribution in [0.3, 0.4) is 0 Å². The number of aryl methyl sites for hydroxylation is 3. The molecule has 138 valence electrons. The third-order valence-electron chi connectivity index (χ3n) is 4.23. The molecule has 0 aliphatic carbocycles. The Kier molecular flexibility index (Phi) is 5.23. The number of aromatic nitrogens is 3. The number of hydrogen-bond donors (Lipinski definition) is 1. The van der Waals surface area contributed by atoms with Crippen molar-refractivity contribution in [3.8, 4) is 0 Å². The highest BCUT2D eigenvalue weighted by molar-refractivity contribution is 7.89. The van der Waals surface area contributed by atoms with Crippen LogP contribution in [0.1, 0.15) is 23.4 Å². The summed E-state index contributed by atoms with van der Waals surface area (Å²) in [6.07, 6.45) is 2.92. The molecule has 1 aliphatic rings. The van der Waals surface area contributed by atoms with Gasteiger partial charge < -0.3 is 14.0 Å². The van der Waals surface area contributed by atoms with E-state index in [0.29, 0.717) is 32.0 Å². The second kappa shape index (κ2) is 7.24. The zero-order valence-corrected chi connectivity index (χ0v) is 15.2. The molecular formula is C15H22N4O5S. The summed E-state index contributed by atoms with van der Waals surface area (Å²) in [6.45, 7) is 4.75. The first kappa shape index (κ1) is 18.1. The predicted octanol–water partition coefficient (Wildman–Crippen LogP) is 0.678. The van der Waals surface area contributed by atoms with Crippen LogP contribution >= 0.6 is 0 Å². The number of nitrogens with one attached hydrogen (secondary N) is 1. The van der Waals surface area contributed by atoms with Crippen LogP contribution in [0.25, 0.3) is 0 Å². The first-order chi connectivity index (χ1) is 11.9. The maximum atomic E-state index is 12.5. The summed E-state index contributed by atoms with van der Waals surface area (Å²) in [6, 6.07) is -0.376. The molecule has 0 saturated carbocycles. The van der Waals surface area contributed by atoms with Gasteiger partial charge in [-0.25, -0.2) is 13.1 Å². The van der Waals surface area contributed by atoms with E-state index in [1.807, 2.05) is 13.8 Å². The molecule has 3 heterocycles. The molecule has 2 aromatic heterocycles. The normalized spacial score (nSPS) is 21.6. The fourth-order valence-corrected chi connectivity index (χ4v) is 4.00. The molecule has 3 rings (SSSR count). The molecule has 1 fully saturated rings. The fourth-order valence-electron chi connectivity index (χ4n) is 2.71. The molecule has 10 heteroatoms. The van der Waals surface area contributed by atoms with E-state index in [0.717, 1.165) is 11.3 Å². The summed E-state index contributed by atoms with van der Waals surface area (Å²) in [5.74, 6) is 0.696. The highest BCUT2D eigenvalue weighted by Crippen LogP contribution is 2.19. The van der Waals surface area contributed by atoms with Gasteiger partial charge in [-0.2, -0.15) is 5.10 Å². The van der Waals surface area contributed by atoms with Crippen LogP contribution in [0, 0.1) is 13.8 Å². The van der Waals surface area contributed by atoms with E-state index < -0.39 is 16.1 Å². The van der Waals surface area contributed by atoms with Gasteiger partial charge in [0, 0.05) is 25.4 Å². The Bertz CT molecular complexity index is 809. The van der Waals surface area contributed by atoms with Gasteiger partial charge in [0.25, 0.3) is 0 Å². The molecule has 1 saturated heterocycles. The molecule has 1 N–H and O–H groups in total. The first-order valence-electron chi connectivity index (χ1n) is 7.99. The van der Waals surface area contributed by atoms with Crippen molar-refractivity contribution in [1.29, 1.82) is 0 Å². The van der Waals surface area contributed by atoms with Crippen LogP contribution in [0.15, 0.2) is 21.8 Å². The lowest BCUT2D eigenvalue weighted by Gasteiger charge is -2.31. The van der Waals surface area contributed by atoms with E-state index in [4.69, 9.17) is 14.0 Å². The van der Waals surface area contributed by atoms with Crippen LogP contribution < -0.4 is 4.72 Å². The Morgan fingerprint density at radius 3 is 2.88 bits per heavy atom. The van der Waals surface area contributed by atoms with Crippen molar-refractivity contribution in [2.45, 2.75) is 43.9 Å². The van der Waals surface area contributed by atoms with Gasteiger partial charge in [0.2, 0.25) is 10.0 Å². The van der Waals surface area contributed by atoms with Crippen molar-refractivity contribution in [3.63, 3.8) is 0 Å². The fraction of sp³-hybridized carbons (Fsp3) is 0.600. The quantitative estimate of drug-likeness (QED) is 0.796. The van der Waals surface area contributed by atoms with Crippen molar-refractivity contribution in [2.75, 3.05) is 13.2 Å². The topological polar surface area (TPSA) is 108 Å². The average Bonchev–Trinajstić information content (AvgIpc) is 3.14. The summed E-state index contributed by atoms with van der Waals surface area (Å²) in [5, 5.41) is 7.80. The largest absolute Gasteiger partial charge is 0.379 e. The third kappa shape index (κ3) is 4.09. The molecule has 25 heavy (non-hydrogen) atoms. The molecule has 0 spiro atoms. The standard InChI is InChI=1S/C15H22N4O5S/c1-10-13(11(2)24-17-10)8-23-15-9-22-5-4-14(15)18-25(20,21)12-6-16-19(3)7-12/h6-7,14-15,18H,4-5,8-9H2,1-3H3/t14-,15-/m1/s1. The van der Waals surface area contributed by atoms with Gasteiger partial charge >= 0.3 is 0 Å². The Balaban J connectivity index is 1.68. The number of rotatable bonds is 6. The Labute approximate surface area is 146 Å². The lowest BCUT2D eigenvalue weighted by atomic mass is 10.1. The molecule has 0 amide bonds. The van der Waals surface area contributed by atoms with Crippen molar-refractivity contribution in [1.82, 2.24) is 19.7 Å². The van der Waals surface area contributed by atoms with E-state index in [-0.39, 0.29) is 10.9 Å². The first-order valence-corrected chi connectivity index (χ1v) is 9.47. The lowest BCUT2D eigenvalue weighted by Crippen LogP contribution is -2.49. The Morgan fingerprint density at radius 1 is 1.44 bits per heavy atom. The molecule has 0 bridgehead atoms. The molecular weight excluding hydrogens is 348 g/mol. The van der Waals surface area contributed by atoms with Gasteiger partial charge in [-0.3, -0.25) is 4.68 Å². The molecule has 0 aromatic carbocycles. The second-order valence-electron chi connectivity index (χ2n) is 6.09. The van der Waals surface area contributed by atoms with Crippen LogP contribution in [-0.2, 0) is 33.2 Å². The van der Waals surface area contributed by atoms with Crippen LogP contribution in [0.4, 0.5) is 0 Å². The molecule has 2 atom stereocenters. The smallest absolute Gasteiger partial charge is 0.244 e. The zero-order valence-electron chi connectivity index (χ0n) is 14.4.